The number of aromatic nitrogens is 2. The SMILES string of the molecule is CC(NC(=O)c1ccc(C(C)(C)C)cc1)C(=O)Nc1nnc(C2CC2)s1. The number of carbonyl (C=O) groups is 2. The van der Waals surface area contributed by atoms with E-state index < -0.39 is 6.04 Å². The molecular formula is C19H24N4O2S. The molecule has 0 bridgehead atoms. The maximum Gasteiger partial charge on any atom is 0.251 e. The fourth-order valence-corrected chi connectivity index (χ4v) is 3.38. The predicted molar refractivity (Wildman–Crippen MR) is 103 cm³/mol. The molecule has 1 fully saturated rings. The van der Waals surface area contributed by atoms with E-state index in [2.05, 4.69) is 41.6 Å². The zero-order valence-electron chi connectivity index (χ0n) is 15.5. The second kappa shape index (κ2) is 7.15. The molecule has 2 aromatic rings. The number of amides is 2. The summed E-state index contributed by atoms with van der Waals surface area (Å²) in [7, 11) is 0. The first kappa shape index (κ1) is 18.5. The first-order chi connectivity index (χ1) is 12.2. The average Bonchev–Trinajstić information content (AvgIpc) is 3.34. The van der Waals surface area contributed by atoms with Gasteiger partial charge in [-0.25, -0.2) is 0 Å². The summed E-state index contributed by atoms with van der Waals surface area (Å²) in [6, 6.07) is 6.79. The molecule has 1 atom stereocenters. The van der Waals surface area contributed by atoms with Crippen LogP contribution in [0.2, 0.25) is 0 Å². The Labute approximate surface area is 157 Å². The van der Waals surface area contributed by atoms with Crippen LogP contribution in [-0.4, -0.2) is 28.1 Å². The van der Waals surface area contributed by atoms with E-state index in [1.165, 1.54) is 11.3 Å². The molecule has 1 unspecified atom stereocenters. The quantitative estimate of drug-likeness (QED) is 0.842. The van der Waals surface area contributed by atoms with Crippen LogP contribution in [0, 0.1) is 0 Å². The zero-order valence-corrected chi connectivity index (χ0v) is 16.3. The lowest BCUT2D eigenvalue weighted by Gasteiger charge is -2.19. The summed E-state index contributed by atoms with van der Waals surface area (Å²) in [6.07, 6.45) is 2.28. The average molecular weight is 372 g/mol. The largest absolute Gasteiger partial charge is 0.341 e. The molecule has 1 aromatic carbocycles. The zero-order chi connectivity index (χ0) is 18.9. The molecule has 7 heteroatoms. The van der Waals surface area contributed by atoms with Crippen LogP contribution < -0.4 is 10.6 Å². The van der Waals surface area contributed by atoms with Crippen molar-refractivity contribution in [1.82, 2.24) is 15.5 Å². The Kier molecular flexibility index (Phi) is 5.09. The highest BCUT2D eigenvalue weighted by atomic mass is 32.1. The van der Waals surface area contributed by atoms with Gasteiger partial charge in [0.2, 0.25) is 11.0 Å². The van der Waals surface area contributed by atoms with Gasteiger partial charge in [-0.1, -0.05) is 44.2 Å². The third-order valence-electron chi connectivity index (χ3n) is 4.35. The molecule has 2 amide bonds. The van der Waals surface area contributed by atoms with Crippen LogP contribution in [0.3, 0.4) is 0 Å². The number of hydrogen-bond donors (Lipinski definition) is 2. The van der Waals surface area contributed by atoms with E-state index >= 15 is 0 Å². The third-order valence-corrected chi connectivity index (χ3v) is 5.35. The summed E-state index contributed by atoms with van der Waals surface area (Å²) in [6.45, 7) is 8.02. The molecule has 1 aromatic heterocycles. The van der Waals surface area contributed by atoms with Crippen molar-refractivity contribution in [3.05, 3.63) is 40.4 Å². The first-order valence-electron chi connectivity index (χ1n) is 8.79. The van der Waals surface area contributed by atoms with Crippen molar-refractivity contribution in [2.24, 2.45) is 0 Å². The molecule has 26 heavy (non-hydrogen) atoms. The van der Waals surface area contributed by atoms with Gasteiger partial charge in [0.05, 0.1) is 0 Å². The van der Waals surface area contributed by atoms with E-state index in [0.29, 0.717) is 16.6 Å². The first-order valence-corrected chi connectivity index (χ1v) is 9.61. The van der Waals surface area contributed by atoms with Crippen LogP contribution >= 0.6 is 11.3 Å². The number of anilines is 1. The number of rotatable bonds is 5. The molecule has 6 nitrogen and oxygen atoms in total. The summed E-state index contributed by atoms with van der Waals surface area (Å²) < 4.78 is 0. The smallest absolute Gasteiger partial charge is 0.251 e. The lowest BCUT2D eigenvalue weighted by Crippen LogP contribution is -2.41. The molecule has 0 saturated heterocycles. The van der Waals surface area contributed by atoms with Gasteiger partial charge in [0.25, 0.3) is 5.91 Å². The van der Waals surface area contributed by atoms with Crippen LogP contribution in [0.4, 0.5) is 5.13 Å². The summed E-state index contributed by atoms with van der Waals surface area (Å²) in [4.78, 5) is 24.6. The Bertz CT molecular complexity index is 804. The summed E-state index contributed by atoms with van der Waals surface area (Å²) in [5.74, 6) is -0.0708. The Morgan fingerprint density at radius 2 is 1.81 bits per heavy atom. The van der Waals surface area contributed by atoms with Crippen molar-refractivity contribution >= 4 is 28.3 Å². The molecule has 1 aliphatic carbocycles. The van der Waals surface area contributed by atoms with Gasteiger partial charge in [-0.2, -0.15) is 0 Å². The summed E-state index contributed by atoms with van der Waals surface area (Å²) >= 11 is 1.40. The molecular weight excluding hydrogens is 348 g/mol. The monoisotopic (exact) mass is 372 g/mol. The maximum absolute atomic E-state index is 12.4. The van der Waals surface area contributed by atoms with Gasteiger partial charge < -0.3 is 5.32 Å². The van der Waals surface area contributed by atoms with Gasteiger partial charge >= 0.3 is 0 Å². The minimum absolute atomic E-state index is 0.0310. The fourth-order valence-electron chi connectivity index (χ4n) is 2.46. The molecule has 0 radical (unpaired) electrons. The number of benzene rings is 1. The fraction of sp³-hybridized carbons (Fsp3) is 0.474. The highest BCUT2D eigenvalue weighted by Crippen LogP contribution is 2.42. The van der Waals surface area contributed by atoms with Crippen LogP contribution in [0.25, 0.3) is 0 Å². The van der Waals surface area contributed by atoms with Gasteiger partial charge in [0.15, 0.2) is 0 Å². The minimum Gasteiger partial charge on any atom is -0.341 e. The van der Waals surface area contributed by atoms with E-state index in [9.17, 15) is 9.59 Å². The molecule has 0 aliphatic heterocycles. The lowest BCUT2D eigenvalue weighted by atomic mass is 9.86. The molecule has 0 spiro atoms. The van der Waals surface area contributed by atoms with Gasteiger partial charge in [-0.3, -0.25) is 14.9 Å². The van der Waals surface area contributed by atoms with Crippen molar-refractivity contribution in [1.29, 1.82) is 0 Å². The Balaban J connectivity index is 1.56. The summed E-state index contributed by atoms with van der Waals surface area (Å²) in [5.41, 5.74) is 1.72. The Morgan fingerprint density at radius 3 is 2.38 bits per heavy atom. The van der Waals surface area contributed by atoms with Crippen molar-refractivity contribution in [2.45, 2.75) is 57.9 Å². The van der Waals surface area contributed by atoms with Crippen molar-refractivity contribution in [3.63, 3.8) is 0 Å². The molecule has 1 saturated carbocycles. The van der Waals surface area contributed by atoms with Crippen molar-refractivity contribution < 1.29 is 9.59 Å². The Morgan fingerprint density at radius 1 is 1.15 bits per heavy atom. The predicted octanol–water partition coefficient (Wildman–Crippen LogP) is 3.47. The van der Waals surface area contributed by atoms with Crippen LogP contribution in [0.15, 0.2) is 24.3 Å². The van der Waals surface area contributed by atoms with Gasteiger partial charge in [0.1, 0.15) is 11.0 Å². The topological polar surface area (TPSA) is 84.0 Å². The number of hydrogen-bond acceptors (Lipinski definition) is 5. The van der Waals surface area contributed by atoms with E-state index in [0.717, 1.165) is 23.4 Å². The van der Waals surface area contributed by atoms with Crippen LogP contribution in [-0.2, 0) is 10.2 Å². The molecule has 1 heterocycles. The maximum atomic E-state index is 12.4. The van der Waals surface area contributed by atoms with E-state index in [1.807, 2.05) is 12.1 Å². The lowest BCUT2D eigenvalue weighted by molar-refractivity contribution is -0.117. The van der Waals surface area contributed by atoms with Crippen LogP contribution in [0.5, 0.6) is 0 Å². The number of nitrogens with zero attached hydrogens (tertiary/aromatic N) is 2. The molecule has 2 N–H and O–H groups in total. The van der Waals surface area contributed by atoms with Gasteiger partial charge in [0, 0.05) is 11.5 Å². The van der Waals surface area contributed by atoms with E-state index in [4.69, 9.17) is 0 Å². The molecule has 138 valence electrons. The Hall–Kier alpha value is -2.28. The third kappa shape index (κ3) is 4.46. The standard InChI is InChI=1S/C19H24N4O2S/c1-11(15(24)21-18-23-22-17(26-18)13-5-6-13)20-16(25)12-7-9-14(10-8-12)19(2,3)4/h7-11,13H,5-6H2,1-4H3,(H,20,25)(H,21,23,24). The van der Waals surface area contributed by atoms with E-state index in [1.54, 1.807) is 19.1 Å². The highest BCUT2D eigenvalue weighted by molar-refractivity contribution is 7.15. The number of carbonyl (C=O) groups excluding carboxylic acids is 2. The van der Waals surface area contributed by atoms with E-state index in [-0.39, 0.29) is 17.2 Å². The van der Waals surface area contributed by atoms with Gasteiger partial charge in [-0.05, 0) is 42.9 Å². The molecule has 3 rings (SSSR count). The second-order valence-corrected chi connectivity index (χ2v) is 8.74. The van der Waals surface area contributed by atoms with Crippen molar-refractivity contribution in [3.8, 4) is 0 Å². The highest BCUT2D eigenvalue weighted by Gasteiger charge is 2.28. The minimum atomic E-state index is -0.668. The van der Waals surface area contributed by atoms with Gasteiger partial charge in [-0.15, -0.1) is 10.2 Å². The second-order valence-electron chi connectivity index (χ2n) is 7.73. The van der Waals surface area contributed by atoms with Crippen molar-refractivity contribution in [2.75, 3.05) is 5.32 Å². The number of nitrogens with one attached hydrogen (secondary N) is 2. The molecule has 1 aliphatic rings. The van der Waals surface area contributed by atoms with Crippen LogP contribution in [0.1, 0.15) is 67.4 Å². The summed E-state index contributed by atoms with van der Waals surface area (Å²) in [5, 5.41) is 15.0. The normalized spacial score (nSPS) is 15.4.